The van der Waals surface area contributed by atoms with E-state index in [-0.39, 0.29) is 12.2 Å². The fourth-order valence-electron chi connectivity index (χ4n) is 2.80. The minimum atomic E-state index is -0.275. The summed E-state index contributed by atoms with van der Waals surface area (Å²) in [6.07, 6.45) is -0.505. The monoisotopic (exact) mass is 311 g/mol. The predicted octanol–water partition coefficient (Wildman–Crippen LogP) is 3.70. The van der Waals surface area contributed by atoms with E-state index >= 15 is 0 Å². The lowest BCUT2D eigenvalue weighted by Crippen LogP contribution is -2.26. The van der Waals surface area contributed by atoms with Crippen LogP contribution in [0.2, 0.25) is 0 Å². The van der Waals surface area contributed by atoms with E-state index in [1.807, 2.05) is 56.3 Å². The lowest BCUT2D eigenvalue weighted by molar-refractivity contribution is 0.102. The number of ether oxygens (including phenoxy) is 2. The SMILES string of the molecule is Cc1cc(C)cc(OCC2CN(Cc3ccccc3)C(=O)O2)c1. The van der Waals surface area contributed by atoms with E-state index in [0.29, 0.717) is 19.7 Å². The van der Waals surface area contributed by atoms with Gasteiger partial charge in [-0.05, 0) is 42.7 Å². The predicted molar refractivity (Wildman–Crippen MR) is 88.5 cm³/mol. The molecule has 1 heterocycles. The largest absolute Gasteiger partial charge is 0.490 e. The van der Waals surface area contributed by atoms with Crippen molar-refractivity contribution < 1.29 is 14.3 Å². The quantitative estimate of drug-likeness (QED) is 0.845. The smallest absolute Gasteiger partial charge is 0.410 e. The zero-order valence-electron chi connectivity index (χ0n) is 13.5. The lowest BCUT2D eigenvalue weighted by Gasteiger charge is -2.13. The van der Waals surface area contributed by atoms with Gasteiger partial charge in [-0.1, -0.05) is 36.4 Å². The highest BCUT2D eigenvalue weighted by molar-refractivity contribution is 5.69. The summed E-state index contributed by atoms with van der Waals surface area (Å²) in [6, 6.07) is 16.0. The zero-order chi connectivity index (χ0) is 16.2. The molecule has 1 atom stereocenters. The van der Waals surface area contributed by atoms with E-state index < -0.39 is 0 Å². The first kappa shape index (κ1) is 15.4. The first-order valence-corrected chi connectivity index (χ1v) is 7.81. The normalized spacial score (nSPS) is 17.2. The molecule has 0 radical (unpaired) electrons. The van der Waals surface area contributed by atoms with E-state index in [9.17, 15) is 4.79 Å². The number of rotatable bonds is 5. The minimum Gasteiger partial charge on any atom is -0.490 e. The summed E-state index contributed by atoms with van der Waals surface area (Å²) in [6.45, 7) is 5.58. The van der Waals surface area contributed by atoms with Gasteiger partial charge >= 0.3 is 6.09 Å². The molecule has 0 aliphatic carbocycles. The Kier molecular flexibility index (Phi) is 4.51. The number of carbonyl (C=O) groups is 1. The fourth-order valence-corrected chi connectivity index (χ4v) is 2.80. The average molecular weight is 311 g/mol. The van der Waals surface area contributed by atoms with Gasteiger partial charge in [0.25, 0.3) is 0 Å². The summed E-state index contributed by atoms with van der Waals surface area (Å²) in [4.78, 5) is 13.7. The number of hydrogen-bond acceptors (Lipinski definition) is 3. The lowest BCUT2D eigenvalue weighted by atomic mass is 10.1. The van der Waals surface area contributed by atoms with Gasteiger partial charge in [-0.2, -0.15) is 0 Å². The second-order valence-corrected chi connectivity index (χ2v) is 6.01. The Morgan fingerprint density at radius 1 is 1.13 bits per heavy atom. The van der Waals surface area contributed by atoms with Crippen LogP contribution in [0.5, 0.6) is 5.75 Å². The molecule has 3 rings (SSSR count). The van der Waals surface area contributed by atoms with Crippen LogP contribution in [0, 0.1) is 13.8 Å². The molecule has 1 aliphatic rings. The number of cyclic esters (lactones) is 1. The van der Waals surface area contributed by atoms with Gasteiger partial charge in [0, 0.05) is 6.54 Å². The van der Waals surface area contributed by atoms with Crippen molar-refractivity contribution in [2.24, 2.45) is 0 Å². The number of aryl methyl sites for hydroxylation is 2. The molecule has 0 saturated carbocycles. The summed E-state index contributed by atoms with van der Waals surface area (Å²) in [5, 5.41) is 0. The van der Waals surface area contributed by atoms with Crippen molar-refractivity contribution in [2.75, 3.05) is 13.2 Å². The molecule has 1 unspecified atom stereocenters. The topological polar surface area (TPSA) is 38.8 Å². The second-order valence-electron chi connectivity index (χ2n) is 6.01. The van der Waals surface area contributed by atoms with Crippen LogP contribution in [0.25, 0.3) is 0 Å². The Bertz CT molecular complexity index is 664. The molecule has 1 amide bonds. The maximum absolute atomic E-state index is 12.0. The number of nitrogens with zero attached hydrogens (tertiary/aromatic N) is 1. The van der Waals surface area contributed by atoms with Gasteiger partial charge in [-0.25, -0.2) is 4.79 Å². The first-order chi connectivity index (χ1) is 11.1. The summed E-state index contributed by atoms with van der Waals surface area (Å²) < 4.78 is 11.2. The van der Waals surface area contributed by atoms with Crippen molar-refractivity contribution in [1.82, 2.24) is 4.90 Å². The highest BCUT2D eigenvalue weighted by atomic mass is 16.6. The van der Waals surface area contributed by atoms with Gasteiger partial charge in [-0.15, -0.1) is 0 Å². The van der Waals surface area contributed by atoms with E-state index in [1.54, 1.807) is 4.90 Å². The van der Waals surface area contributed by atoms with Crippen LogP contribution in [-0.2, 0) is 11.3 Å². The molecule has 120 valence electrons. The Labute approximate surface area is 136 Å². The van der Waals surface area contributed by atoms with E-state index in [1.165, 1.54) is 0 Å². The van der Waals surface area contributed by atoms with E-state index in [4.69, 9.17) is 9.47 Å². The molecule has 0 N–H and O–H groups in total. The maximum atomic E-state index is 12.0. The first-order valence-electron chi connectivity index (χ1n) is 7.81. The van der Waals surface area contributed by atoms with Crippen molar-refractivity contribution in [1.29, 1.82) is 0 Å². The third kappa shape index (κ3) is 4.03. The molecule has 4 nitrogen and oxygen atoms in total. The molecule has 23 heavy (non-hydrogen) atoms. The van der Waals surface area contributed by atoms with Crippen molar-refractivity contribution in [3.05, 3.63) is 65.2 Å². The second kappa shape index (κ2) is 6.73. The van der Waals surface area contributed by atoms with Crippen LogP contribution in [-0.4, -0.2) is 30.2 Å². The number of carbonyl (C=O) groups excluding carboxylic acids is 1. The third-order valence-electron chi connectivity index (χ3n) is 3.80. The average Bonchev–Trinajstić information content (AvgIpc) is 2.85. The molecule has 0 spiro atoms. The molecule has 1 aliphatic heterocycles. The van der Waals surface area contributed by atoms with Gasteiger partial charge in [0.15, 0.2) is 6.10 Å². The minimum absolute atomic E-state index is 0.230. The maximum Gasteiger partial charge on any atom is 0.410 e. The van der Waals surface area contributed by atoms with Crippen LogP contribution >= 0.6 is 0 Å². The molecule has 1 saturated heterocycles. The standard InChI is InChI=1S/C19H21NO3/c1-14-8-15(2)10-17(9-14)22-13-18-12-20(19(21)23-18)11-16-6-4-3-5-7-16/h3-10,18H,11-13H2,1-2H3. The van der Waals surface area contributed by atoms with Crippen LogP contribution in [0.15, 0.2) is 48.5 Å². The van der Waals surface area contributed by atoms with Crippen molar-refractivity contribution in [3.8, 4) is 5.75 Å². The van der Waals surface area contributed by atoms with Crippen molar-refractivity contribution >= 4 is 6.09 Å². The molecule has 4 heteroatoms. The van der Waals surface area contributed by atoms with Gasteiger partial charge in [0.05, 0.1) is 6.54 Å². The van der Waals surface area contributed by atoms with Gasteiger partial charge < -0.3 is 14.4 Å². The van der Waals surface area contributed by atoms with E-state index in [2.05, 4.69) is 6.07 Å². The van der Waals surface area contributed by atoms with Gasteiger partial charge in [-0.3, -0.25) is 0 Å². The van der Waals surface area contributed by atoms with Crippen LogP contribution in [0.1, 0.15) is 16.7 Å². The summed E-state index contributed by atoms with van der Waals surface area (Å²) in [7, 11) is 0. The summed E-state index contributed by atoms with van der Waals surface area (Å²) in [5.74, 6) is 0.819. The Morgan fingerprint density at radius 2 is 1.83 bits per heavy atom. The van der Waals surface area contributed by atoms with Crippen LogP contribution in [0.3, 0.4) is 0 Å². The highest BCUT2D eigenvalue weighted by Crippen LogP contribution is 2.19. The highest BCUT2D eigenvalue weighted by Gasteiger charge is 2.31. The molecule has 2 aromatic carbocycles. The number of benzene rings is 2. The molecule has 0 aromatic heterocycles. The van der Waals surface area contributed by atoms with Crippen LogP contribution in [0.4, 0.5) is 4.79 Å². The Morgan fingerprint density at radius 3 is 2.52 bits per heavy atom. The Balaban J connectivity index is 1.55. The number of hydrogen-bond donors (Lipinski definition) is 0. The molecule has 1 fully saturated rings. The van der Waals surface area contributed by atoms with Crippen LogP contribution < -0.4 is 4.74 Å². The van der Waals surface area contributed by atoms with Crippen molar-refractivity contribution in [3.63, 3.8) is 0 Å². The van der Waals surface area contributed by atoms with Gasteiger partial charge in [0.1, 0.15) is 12.4 Å². The van der Waals surface area contributed by atoms with Gasteiger partial charge in [0.2, 0.25) is 0 Å². The fraction of sp³-hybridized carbons (Fsp3) is 0.316. The zero-order valence-corrected chi connectivity index (χ0v) is 13.5. The summed E-state index contributed by atoms with van der Waals surface area (Å²) in [5.41, 5.74) is 3.42. The molecule has 0 bridgehead atoms. The van der Waals surface area contributed by atoms with Crippen molar-refractivity contribution in [2.45, 2.75) is 26.5 Å². The Hall–Kier alpha value is -2.49. The third-order valence-corrected chi connectivity index (χ3v) is 3.80. The molecular weight excluding hydrogens is 290 g/mol. The number of amides is 1. The van der Waals surface area contributed by atoms with E-state index in [0.717, 1.165) is 22.4 Å². The summed E-state index contributed by atoms with van der Waals surface area (Å²) >= 11 is 0. The molecule has 2 aromatic rings. The molecular formula is C19H21NO3.